The molecule has 0 atom stereocenters. The quantitative estimate of drug-likeness (QED) is 0.881. The number of benzene rings is 1. The molecular formula is C18H23ClN4O2. The second-order valence-electron chi connectivity index (χ2n) is 6.11. The maximum Gasteiger partial charge on any atom is 0.257 e. The van der Waals surface area contributed by atoms with Crippen LogP contribution in [0.3, 0.4) is 0 Å². The molecule has 1 saturated heterocycles. The summed E-state index contributed by atoms with van der Waals surface area (Å²) in [5.41, 5.74) is 2.40. The molecule has 2 aromatic rings. The second kappa shape index (κ2) is 7.99. The first-order chi connectivity index (χ1) is 12.1. The Morgan fingerprint density at radius 1 is 1.28 bits per heavy atom. The van der Waals surface area contributed by atoms with Gasteiger partial charge in [-0.15, -0.1) is 0 Å². The summed E-state index contributed by atoms with van der Waals surface area (Å²) in [6, 6.07) is 7.47. The first-order valence-corrected chi connectivity index (χ1v) is 8.97. The van der Waals surface area contributed by atoms with Crippen molar-refractivity contribution < 1.29 is 9.90 Å². The van der Waals surface area contributed by atoms with E-state index in [9.17, 15) is 4.79 Å². The molecule has 25 heavy (non-hydrogen) atoms. The average molecular weight is 363 g/mol. The van der Waals surface area contributed by atoms with E-state index in [-0.39, 0.29) is 12.5 Å². The van der Waals surface area contributed by atoms with Crippen LogP contribution in [0.5, 0.6) is 0 Å². The number of nitrogens with zero attached hydrogens (tertiary/aromatic N) is 4. The molecular weight excluding hydrogens is 340 g/mol. The number of carbonyl (C=O) groups excluding carboxylic acids is 1. The van der Waals surface area contributed by atoms with E-state index in [1.165, 1.54) is 0 Å². The Morgan fingerprint density at radius 2 is 2.04 bits per heavy atom. The van der Waals surface area contributed by atoms with Gasteiger partial charge in [-0.05, 0) is 24.6 Å². The molecule has 0 unspecified atom stereocenters. The van der Waals surface area contributed by atoms with E-state index in [1.807, 2.05) is 36.1 Å². The van der Waals surface area contributed by atoms with Crippen LogP contribution in [0, 0.1) is 0 Å². The van der Waals surface area contributed by atoms with Gasteiger partial charge in [0.15, 0.2) is 0 Å². The van der Waals surface area contributed by atoms with Crippen molar-refractivity contribution in [2.45, 2.75) is 13.3 Å². The van der Waals surface area contributed by atoms with E-state index in [2.05, 4.69) is 10.00 Å². The average Bonchev–Trinajstić information content (AvgIpc) is 3.06. The Labute approximate surface area is 152 Å². The summed E-state index contributed by atoms with van der Waals surface area (Å²) in [6.07, 6.45) is 2.36. The number of amides is 1. The molecule has 1 N–H and O–H groups in total. The molecule has 0 spiro atoms. The van der Waals surface area contributed by atoms with Crippen LogP contribution in [0.1, 0.15) is 23.0 Å². The zero-order valence-electron chi connectivity index (χ0n) is 14.4. The number of halogens is 1. The van der Waals surface area contributed by atoms with Crippen molar-refractivity contribution in [1.29, 1.82) is 0 Å². The third-order valence-corrected chi connectivity index (χ3v) is 4.80. The zero-order valence-corrected chi connectivity index (χ0v) is 15.1. The molecule has 1 aromatic carbocycles. The number of rotatable bonds is 5. The number of β-amino-alcohol motifs (C(OH)–C–C–N with tert-alkyl or cyclic N) is 1. The smallest absolute Gasteiger partial charge is 0.257 e. The SMILES string of the molecule is CCc1c(C(=O)N2CCN(CCO)CC2)cnn1-c1cccc(Cl)c1. The van der Waals surface area contributed by atoms with E-state index in [1.54, 1.807) is 10.9 Å². The van der Waals surface area contributed by atoms with Crippen LogP contribution in [-0.2, 0) is 6.42 Å². The lowest BCUT2D eigenvalue weighted by atomic mass is 10.1. The molecule has 0 aliphatic carbocycles. The summed E-state index contributed by atoms with van der Waals surface area (Å²) in [5.74, 6) is 0.0220. The lowest BCUT2D eigenvalue weighted by Gasteiger charge is -2.34. The number of piperazine rings is 1. The van der Waals surface area contributed by atoms with Crippen molar-refractivity contribution in [3.63, 3.8) is 0 Å². The van der Waals surface area contributed by atoms with Crippen molar-refractivity contribution in [1.82, 2.24) is 19.6 Å². The highest BCUT2D eigenvalue weighted by molar-refractivity contribution is 6.30. The molecule has 7 heteroatoms. The molecule has 3 rings (SSSR count). The Bertz CT molecular complexity index is 738. The van der Waals surface area contributed by atoms with Gasteiger partial charge in [0.05, 0.1) is 29.7 Å². The van der Waals surface area contributed by atoms with Gasteiger partial charge < -0.3 is 10.0 Å². The highest BCUT2D eigenvalue weighted by Crippen LogP contribution is 2.20. The molecule has 0 radical (unpaired) electrons. The summed E-state index contributed by atoms with van der Waals surface area (Å²) >= 11 is 6.08. The summed E-state index contributed by atoms with van der Waals surface area (Å²) in [4.78, 5) is 17.0. The van der Waals surface area contributed by atoms with Crippen molar-refractivity contribution in [3.05, 3.63) is 46.7 Å². The van der Waals surface area contributed by atoms with Gasteiger partial charge in [-0.3, -0.25) is 9.69 Å². The molecule has 1 aliphatic heterocycles. The number of hydrogen-bond acceptors (Lipinski definition) is 4. The maximum absolute atomic E-state index is 12.9. The van der Waals surface area contributed by atoms with E-state index < -0.39 is 0 Å². The minimum atomic E-state index is 0.0220. The molecule has 134 valence electrons. The molecule has 2 heterocycles. The number of hydrogen-bond donors (Lipinski definition) is 1. The van der Waals surface area contributed by atoms with Gasteiger partial charge in [-0.1, -0.05) is 24.6 Å². The van der Waals surface area contributed by atoms with Crippen LogP contribution in [0.2, 0.25) is 5.02 Å². The van der Waals surface area contributed by atoms with Crippen LogP contribution in [0.4, 0.5) is 0 Å². The third-order valence-electron chi connectivity index (χ3n) is 4.56. The van der Waals surface area contributed by atoms with Gasteiger partial charge in [-0.25, -0.2) is 4.68 Å². The zero-order chi connectivity index (χ0) is 17.8. The topological polar surface area (TPSA) is 61.6 Å². The van der Waals surface area contributed by atoms with Crippen molar-refractivity contribution in [2.24, 2.45) is 0 Å². The fraction of sp³-hybridized carbons (Fsp3) is 0.444. The van der Waals surface area contributed by atoms with Gasteiger partial charge >= 0.3 is 0 Å². The largest absolute Gasteiger partial charge is 0.395 e. The summed E-state index contributed by atoms with van der Waals surface area (Å²) in [6.45, 7) is 5.75. The van der Waals surface area contributed by atoms with Crippen molar-refractivity contribution in [2.75, 3.05) is 39.3 Å². The highest BCUT2D eigenvalue weighted by atomic mass is 35.5. The summed E-state index contributed by atoms with van der Waals surface area (Å²) in [5, 5.41) is 14.1. The third kappa shape index (κ3) is 3.86. The maximum atomic E-state index is 12.9. The van der Waals surface area contributed by atoms with Crippen LogP contribution in [0.15, 0.2) is 30.5 Å². The molecule has 1 amide bonds. The molecule has 1 aliphatic rings. The van der Waals surface area contributed by atoms with E-state index in [0.717, 1.165) is 24.5 Å². The van der Waals surface area contributed by atoms with Gasteiger partial charge in [0, 0.05) is 37.7 Å². The lowest BCUT2D eigenvalue weighted by molar-refractivity contribution is 0.0614. The standard InChI is InChI=1S/C18H23ClN4O2/c1-2-17-16(13-20-23(17)15-5-3-4-14(19)12-15)18(25)22-8-6-21(7-9-22)10-11-24/h3-5,12-13,24H,2,6-11H2,1H3. The number of aromatic nitrogens is 2. The summed E-state index contributed by atoms with van der Waals surface area (Å²) < 4.78 is 1.79. The highest BCUT2D eigenvalue weighted by Gasteiger charge is 2.25. The first-order valence-electron chi connectivity index (χ1n) is 8.59. The van der Waals surface area contributed by atoms with E-state index in [4.69, 9.17) is 16.7 Å². The molecule has 0 bridgehead atoms. The normalized spacial score (nSPS) is 15.6. The monoisotopic (exact) mass is 362 g/mol. The fourth-order valence-corrected chi connectivity index (χ4v) is 3.39. The fourth-order valence-electron chi connectivity index (χ4n) is 3.21. The van der Waals surface area contributed by atoms with Crippen LogP contribution in [-0.4, -0.2) is 69.9 Å². The Hall–Kier alpha value is -1.89. The Morgan fingerprint density at radius 3 is 2.68 bits per heavy atom. The number of carbonyl (C=O) groups is 1. The Balaban J connectivity index is 1.80. The lowest BCUT2D eigenvalue weighted by Crippen LogP contribution is -2.49. The van der Waals surface area contributed by atoms with Gasteiger partial charge in [0.1, 0.15) is 0 Å². The first kappa shape index (κ1) is 17.9. The molecule has 1 fully saturated rings. The minimum absolute atomic E-state index is 0.0220. The van der Waals surface area contributed by atoms with Gasteiger partial charge in [-0.2, -0.15) is 5.10 Å². The summed E-state index contributed by atoms with van der Waals surface area (Å²) in [7, 11) is 0. The number of aliphatic hydroxyl groups excluding tert-OH is 1. The van der Waals surface area contributed by atoms with Crippen LogP contribution < -0.4 is 0 Å². The van der Waals surface area contributed by atoms with E-state index in [0.29, 0.717) is 36.6 Å². The minimum Gasteiger partial charge on any atom is -0.395 e. The van der Waals surface area contributed by atoms with Gasteiger partial charge in [0.25, 0.3) is 5.91 Å². The van der Waals surface area contributed by atoms with Crippen LogP contribution in [0.25, 0.3) is 5.69 Å². The van der Waals surface area contributed by atoms with E-state index >= 15 is 0 Å². The molecule has 1 aromatic heterocycles. The van der Waals surface area contributed by atoms with Crippen molar-refractivity contribution in [3.8, 4) is 5.69 Å². The molecule has 0 saturated carbocycles. The second-order valence-corrected chi connectivity index (χ2v) is 6.54. The predicted molar refractivity (Wildman–Crippen MR) is 97.4 cm³/mol. The van der Waals surface area contributed by atoms with Crippen LogP contribution >= 0.6 is 11.6 Å². The van der Waals surface area contributed by atoms with Gasteiger partial charge in [0.2, 0.25) is 0 Å². The Kier molecular flexibility index (Phi) is 5.73. The number of aliphatic hydroxyl groups is 1. The molecule has 6 nitrogen and oxygen atoms in total. The predicted octanol–water partition coefficient (Wildman–Crippen LogP) is 1.84. The van der Waals surface area contributed by atoms with Crippen molar-refractivity contribution >= 4 is 17.5 Å².